The van der Waals surface area contributed by atoms with Gasteiger partial charge in [-0.25, -0.2) is 4.39 Å². The summed E-state index contributed by atoms with van der Waals surface area (Å²) < 4.78 is 13.5. The first kappa shape index (κ1) is 16.7. The van der Waals surface area contributed by atoms with Crippen molar-refractivity contribution >= 4 is 46.4 Å². The Kier molecular flexibility index (Phi) is 4.73. The number of halogens is 3. The molecule has 2 amide bonds. The molecule has 0 aromatic heterocycles. The van der Waals surface area contributed by atoms with E-state index in [1.165, 1.54) is 6.07 Å². The predicted octanol–water partition coefficient (Wildman–Crippen LogP) is 4.73. The van der Waals surface area contributed by atoms with Crippen LogP contribution in [-0.4, -0.2) is 11.8 Å². The van der Waals surface area contributed by atoms with Crippen molar-refractivity contribution in [2.45, 2.75) is 12.8 Å². The number of nitrogens with one attached hydrogen (secondary N) is 2. The Morgan fingerprint density at radius 2 is 1.54 bits per heavy atom. The summed E-state index contributed by atoms with van der Waals surface area (Å²) >= 11 is 11.5. The van der Waals surface area contributed by atoms with Crippen molar-refractivity contribution in [1.29, 1.82) is 0 Å². The lowest BCUT2D eigenvalue weighted by atomic mass is 10.2. The molecule has 4 nitrogen and oxygen atoms in total. The van der Waals surface area contributed by atoms with Crippen LogP contribution in [0.15, 0.2) is 36.4 Å². The summed E-state index contributed by atoms with van der Waals surface area (Å²) in [5.74, 6) is -1.14. The first-order valence-electron chi connectivity index (χ1n) is 7.31. The van der Waals surface area contributed by atoms with Crippen LogP contribution in [0.2, 0.25) is 10.0 Å². The number of carbonyl (C=O) groups excluding carboxylic acids is 2. The number of hydrogen-bond donors (Lipinski definition) is 2. The second-order valence-corrected chi connectivity index (χ2v) is 6.36. The summed E-state index contributed by atoms with van der Waals surface area (Å²) in [5, 5.41) is 5.33. The monoisotopic (exact) mass is 366 g/mol. The zero-order valence-electron chi connectivity index (χ0n) is 12.4. The minimum atomic E-state index is -0.718. The van der Waals surface area contributed by atoms with Crippen molar-refractivity contribution in [3.63, 3.8) is 0 Å². The number of hydrogen-bond acceptors (Lipinski definition) is 2. The van der Waals surface area contributed by atoms with E-state index in [1.54, 1.807) is 24.3 Å². The van der Waals surface area contributed by atoms with E-state index in [2.05, 4.69) is 10.6 Å². The Labute approximate surface area is 148 Å². The van der Waals surface area contributed by atoms with E-state index >= 15 is 0 Å². The molecule has 1 fully saturated rings. The van der Waals surface area contributed by atoms with Gasteiger partial charge in [0.2, 0.25) is 5.91 Å². The average molecular weight is 367 g/mol. The Balaban J connectivity index is 1.68. The number of carbonyl (C=O) groups is 2. The van der Waals surface area contributed by atoms with Gasteiger partial charge in [-0.15, -0.1) is 0 Å². The molecule has 0 saturated heterocycles. The second-order valence-electron chi connectivity index (χ2n) is 5.54. The van der Waals surface area contributed by atoms with Gasteiger partial charge in [-0.05, 0) is 49.2 Å². The molecule has 124 valence electrons. The molecule has 1 aliphatic rings. The Morgan fingerprint density at radius 3 is 2.12 bits per heavy atom. The van der Waals surface area contributed by atoms with E-state index in [4.69, 9.17) is 23.2 Å². The Morgan fingerprint density at radius 1 is 0.958 bits per heavy atom. The van der Waals surface area contributed by atoms with Crippen LogP contribution in [0.5, 0.6) is 0 Å². The van der Waals surface area contributed by atoms with Crippen LogP contribution in [0.3, 0.4) is 0 Å². The fourth-order valence-electron chi connectivity index (χ4n) is 2.12. The summed E-state index contributed by atoms with van der Waals surface area (Å²) in [6, 6.07) is 8.81. The van der Waals surface area contributed by atoms with Crippen LogP contribution in [0.1, 0.15) is 23.2 Å². The fourth-order valence-corrected chi connectivity index (χ4v) is 2.59. The quantitative estimate of drug-likeness (QED) is 0.768. The van der Waals surface area contributed by atoms with Crippen LogP contribution < -0.4 is 10.6 Å². The topological polar surface area (TPSA) is 58.2 Å². The molecule has 2 aromatic rings. The molecular formula is C17H13Cl2FN2O2. The molecule has 0 bridgehead atoms. The smallest absolute Gasteiger partial charge is 0.257 e. The van der Waals surface area contributed by atoms with Crippen molar-refractivity contribution in [1.82, 2.24) is 0 Å². The van der Waals surface area contributed by atoms with Gasteiger partial charge in [0.15, 0.2) is 0 Å². The van der Waals surface area contributed by atoms with Gasteiger partial charge < -0.3 is 10.6 Å². The highest BCUT2D eigenvalue weighted by molar-refractivity contribution is 6.37. The molecule has 3 rings (SSSR count). The highest BCUT2D eigenvalue weighted by Crippen LogP contribution is 2.30. The summed E-state index contributed by atoms with van der Waals surface area (Å²) in [7, 11) is 0. The number of benzene rings is 2. The molecule has 2 aromatic carbocycles. The maximum atomic E-state index is 13.5. The number of rotatable bonds is 4. The van der Waals surface area contributed by atoms with Crippen LogP contribution >= 0.6 is 23.2 Å². The molecule has 0 spiro atoms. The standard InChI is InChI=1S/C17H13Cl2FN2O2/c18-13-8-14(19)15(20)7-12(13)17(24)22-11-5-3-10(4-6-11)21-16(23)9-1-2-9/h3-9H,1-2H2,(H,21,23)(H,22,24). The molecule has 0 radical (unpaired) electrons. The lowest BCUT2D eigenvalue weighted by molar-refractivity contribution is -0.117. The van der Waals surface area contributed by atoms with E-state index in [-0.39, 0.29) is 27.4 Å². The third-order valence-corrected chi connectivity index (χ3v) is 4.22. The lowest BCUT2D eigenvalue weighted by Gasteiger charge is -2.09. The zero-order chi connectivity index (χ0) is 17.3. The van der Waals surface area contributed by atoms with Crippen LogP contribution in [0.25, 0.3) is 0 Å². The number of anilines is 2. The van der Waals surface area contributed by atoms with Gasteiger partial charge in [0.25, 0.3) is 5.91 Å². The number of amides is 2. The largest absolute Gasteiger partial charge is 0.326 e. The van der Waals surface area contributed by atoms with Crippen molar-refractivity contribution in [2.75, 3.05) is 10.6 Å². The van der Waals surface area contributed by atoms with Crippen molar-refractivity contribution < 1.29 is 14.0 Å². The van der Waals surface area contributed by atoms with Gasteiger partial charge in [-0.3, -0.25) is 9.59 Å². The average Bonchev–Trinajstić information content (AvgIpc) is 3.37. The third-order valence-electron chi connectivity index (χ3n) is 3.61. The minimum Gasteiger partial charge on any atom is -0.326 e. The summed E-state index contributed by atoms with van der Waals surface area (Å²) in [5.41, 5.74) is 1.14. The molecule has 24 heavy (non-hydrogen) atoms. The van der Waals surface area contributed by atoms with Crippen molar-refractivity contribution in [2.24, 2.45) is 5.92 Å². The van der Waals surface area contributed by atoms with Crippen LogP contribution in [0, 0.1) is 11.7 Å². The van der Waals surface area contributed by atoms with Gasteiger partial charge in [-0.1, -0.05) is 23.2 Å². The summed E-state index contributed by atoms with van der Waals surface area (Å²) in [6.07, 6.45) is 1.86. The molecule has 2 N–H and O–H groups in total. The molecular weight excluding hydrogens is 354 g/mol. The Bertz CT molecular complexity index is 805. The normalized spacial score (nSPS) is 13.5. The van der Waals surface area contributed by atoms with E-state index in [0.717, 1.165) is 18.9 Å². The lowest BCUT2D eigenvalue weighted by Crippen LogP contribution is -2.14. The SMILES string of the molecule is O=C(Nc1ccc(NC(=O)C2CC2)cc1)c1cc(F)c(Cl)cc1Cl. The second kappa shape index (κ2) is 6.79. The van der Waals surface area contributed by atoms with E-state index < -0.39 is 11.7 Å². The highest BCUT2D eigenvalue weighted by atomic mass is 35.5. The first-order valence-corrected chi connectivity index (χ1v) is 8.06. The van der Waals surface area contributed by atoms with Crippen LogP contribution in [-0.2, 0) is 4.79 Å². The predicted molar refractivity (Wildman–Crippen MR) is 92.2 cm³/mol. The van der Waals surface area contributed by atoms with Gasteiger partial charge in [0.1, 0.15) is 5.82 Å². The van der Waals surface area contributed by atoms with E-state index in [0.29, 0.717) is 11.4 Å². The Hall–Kier alpha value is -2.11. The molecule has 0 unspecified atom stereocenters. The first-order chi connectivity index (χ1) is 11.4. The molecule has 1 aliphatic carbocycles. The molecule has 7 heteroatoms. The maximum Gasteiger partial charge on any atom is 0.257 e. The maximum absolute atomic E-state index is 13.5. The molecule has 0 heterocycles. The fraction of sp³-hybridized carbons (Fsp3) is 0.176. The van der Waals surface area contributed by atoms with E-state index in [9.17, 15) is 14.0 Å². The molecule has 0 aliphatic heterocycles. The summed E-state index contributed by atoms with van der Waals surface area (Å²) in [4.78, 5) is 23.9. The highest BCUT2D eigenvalue weighted by Gasteiger charge is 2.29. The molecule has 0 atom stereocenters. The van der Waals surface area contributed by atoms with Gasteiger partial charge in [0.05, 0.1) is 15.6 Å². The van der Waals surface area contributed by atoms with Gasteiger partial charge in [0, 0.05) is 17.3 Å². The van der Waals surface area contributed by atoms with Gasteiger partial charge in [-0.2, -0.15) is 0 Å². The third kappa shape index (κ3) is 3.86. The van der Waals surface area contributed by atoms with E-state index in [1.807, 2.05) is 0 Å². The van der Waals surface area contributed by atoms with Gasteiger partial charge >= 0.3 is 0 Å². The zero-order valence-corrected chi connectivity index (χ0v) is 13.9. The van der Waals surface area contributed by atoms with Crippen molar-refractivity contribution in [3.8, 4) is 0 Å². The molecule has 1 saturated carbocycles. The van der Waals surface area contributed by atoms with Crippen LogP contribution in [0.4, 0.5) is 15.8 Å². The summed E-state index contributed by atoms with van der Waals surface area (Å²) in [6.45, 7) is 0. The van der Waals surface area contributed by atoms with Crippen molar-refractivity contribution in [3.05, 3.63) is 57.8 Å². The minimum absolute atomic E-state index is 0.00945.